The van der Waals surface area contributed by atoms with E-state index in [9.17, 15) is 4.79 Å². The number of benzene rings is 1. The van der Waals surface area contributed by atoms with Gasteiger partial charge >= 0.3 is 0 Å². The first kappa shape index (κ1) is 18.8. The minimum Gasteiger partial charge on any atom is -0.366 e. The Morgan fingerprint density at radius 1 is 1.16 bits per heavy atom. The Kier molecular flexibility index (Phi) is 6.41. The second-order valence-corrected chi connectivity index (χ2v) is 6.44. The Labute approximate surface area is 150 Å². The molecule has 1 aromatic carbocycles. The van der Waals surface area contributed by atoms with Gasteiger partial charge < -0.3 is 10.3 Å². The highest BCUT2D eigenvalue weighted by Gasteiger charge is 2.24. The first-order valence-electron chi connectivity index (χ1n) is 9.07. The van der Waals surface area contributed by atoms with Crippen molar-refractivity contribution in [2.75, 3.05) is 0 Å². The van der Waals surface area contributed by atoms with Gasteiger partial charge in [-0.2, -0.15) is 5.26 Å². The average molecular weight is 337 g/mol. The van der Waals surface area contributed by atoms with Gasteiger partial charge in [0.1, 0.15) is 0 Å². The lowest BCUT2D eigenvalue weighted by atomic mass is 9.97. The van der Waals surface area contributed by atoms with Crippen molar-refractivity contribution in [2.24, 2.45) is 5.73 Å². The zero-order valence-electron chi connectivity index (χ0n) is 15.4. The van der Waals surface area contributed by atoms with Crippen LogP contribution in [0.25, 0.3) is 11.1 Å². The molecule has 1 aromatic heterocycles. The van der Waals surface area contributed by atoms with Crippen molar-refractivity contribution in [2.45, 2.75) is 59.4 Å². The topological polar surface area (TPSA) is 71.8 Å². The van der Waals surface area contributed by atoms with E-state index in [0.717, 1.165) is 55.5 Å². The molecule has 4 nitrogen and oxygen atoms in total. The largest absolute Gasteiger partial charge is 0.366 e. The van der Waals surface area contributed by atoms with Crippen LogP contribution in [0.5, 0.6) is 0 Å². The SMILES string of the molecule is CCCCc1c(-c2ccc(C#N)cc2)c(C(N)=O)c(C)n1CCCC. The Balaban J connectivity index is 2.68. The molecule has 2 rings (SSSR count). The Morgan fingerprint density at radius 2 is 1.80 bits per heavy atom. The number of unbranched alkanes of at least 4 members (excludes halogenated alkanes) is 2. The van der Waals surface area contributed by atoms with E-state index in [1.807, 2.05) is 19.1 Å². The van der Waals surface area contributed by atoms with Crippen LogP contribution in [0.2, 0.25) is 0 Å². The normalized spacial score (nSPS) is 10.6. The third-order valence-corrected chi connectivity index (χ3v) is 4.68. The van der Waals surface area contributed by atoms with E-state index < -0.39 is 0 Å². The van der Waals surface area contributed by atoms with Crippen molar-refractivity contribution in [3.8, 4) is 17.2 Å². The fraction of sp³-hybridized carbons (Fsp3) is 0.429. The lowest BCUT2D eigenvalue weighted by molar-refractivity contribution is 0.1000. The minimum absolute atomic E-state index is 0.384. The molecule has 132 valence electrons. The zero-order chi connectivity index (χ0) is 18.4. The number of hydrogen-bond acceptors (Lipinski definition) is 2. The fourth-order valence-corrected chi connectivity index (χ4v) is 3.34. The lowest BCUT2D eigenvalue weighted by Crippen LogP contribution is -2.13. The van der Waals surface area contributed by atoms with Crippen molar-refractivity contribution in [1.82, 2.24) is 4.57 Å². The molecule has 2 aromatic rings. The summed E-state index contributed by atoms with van der Waals surface area (Å²) in [6.45, 7) is 7.22. The number of aromatic nitrogens is 1. The summed E-state index contributed by atoms with van der Waals surface area (Å²) >= 11 is 0. The van der Waals surface area contributed by atoms with E-state index in [0.29, 0.717) is 11.1 Å². The maximum Gasteiger partial charge on any atom is 0.251 e. The number of nitriles is 1. The van der Waals surface area contributed by atoms with Crippen LogP contribution in [0.4, 0.5) is 0 Å². The smallest absolute Gasteiger partial charge is 0.251 e. The first-order chi connectivity index (χ1) is 12.0. The van der Waals surface area contributed by atoms with Gasteiger partial charge in [-0.05, 0) is 43.9 Å². The number of amides is 1. The van der Waals surface area contributed by atoms with Gasteiger partial charge in [-0.1, -0.05) is 38.8 Å². The highest BCUT2D eigenvalue weighted by Crippen LogP contribution is 2.34. The standard InChI is InChI=1S/C21H27N3O/c1-4-6-8-18-20(17-11-9-16(14-22)10-12-17)19(21(23)25)15(3)24(18)13-7-5-2/h9-12H,4-8,13H2,1-3H3,(H2,23,25). The molecule has 0 aliphatic carbocycles. The molecule has 0 unspecified atom stereocenters. The van der Waals surface area contributed by atoms with Crippen LogP contribution < -0.4 is 5.73 Å². The molecule has 0 radical (unpaired) electrons. The number of nitrogens with two attached hydrogens (primary N) is 1. The number of primary amides is 1. The van der Waals surface area contributed by atoms with Gasteiger partial charge in [0.15, 0.2) is 0 Å². The second kappa shape index (κ2) is 8.53. The van der Waals surface area contributed by atoms with Gasteiger partial charge in [-0.15, -0.1) is 0 Å². The zero-order valence-corrected chi connectivity index (χ0v) is 15.4. The van der Waals surface area contributed by atoms with Crippen molar-refractivity contribution in [3.63, 3.8) is 0 Å². The van der Waals surface area contributed by atoms with E-state index in [4.69, 9.17) is 11.0 Å². The molecule has 1 amide bonds. The second-order valence-electron chi connectivity index (χ2n) is 6.44. The molecule has 1 heterocycles. The van der Waals surface area contributed by atoms with Gasteiger partial charge in [0.25, 0.3) is 5.91 Å². The number of rotatable bonds is 8. The summed E-state index contributed by atoms with van der Waals surface area (Å²) in [5, 5.41) is 9.03. The van der Waals surface area contributed by atoms with Gasteiger partial charge in [0, 0.05) is 23.5 Å². The molecule has 0 saturated heterocycles. The highest BCUT2D eigenvalue weighted by molar-refractivity contribution is 6.02. The number of carbonyl (C=O) groups excluding carboxylic acids is 1. The fourth-order valence-electron chi connectivity index (χ4n) is 3.34. The summed E-state index contributed by atoms with van der Waals surface area (Å²) in [5.41, 5.74) is 11.0. The molecule has 0 aliphatic rings. The van der Waals surface area contributed by atoms with E-state index >= 15 is 0 Å². The van der Waals surface area contributed by atoms with Gasteiger partial charge in [0.05, 0.1) is 17.2 Å². The quantitative estimate of drug-likeness (QED) is 0.766. The van der Waals surface area contributed by atoms with Crippen molar-refractivity contribution in [1.29, 1.82) is 5.26 Å². The van der Waals surface area contributed by atoms with E-state index in [1.165, 1.54) is 5.69 Å². The Bertz CT molecular complexity index is 779. The molecule has 0 spiro atoms. The van der Waals surface area contributed by atoms with Crippen LogP contribution in [0.3, 0.4) is 0 Å². The maximum atomic E-state index is 12.2. The predicted octanol–water partition coefficient (Wildman–Crippen LogP) is 4.58. The summed E-state index contributed by atoms with van der Waals surface area (Å²) in [6, 6.07) is 9.56. The summed E-state index contributed by atoms with van der Waals surface area (Å²) in [4.78, 5) is 12.2. The molecule has 0 aliphatic heterocycles. The van der Waals surface area contributed by atoms with Gasteiger partial charge in [-0.3, -0.25) is 4.79 Å². The monoisotopic (exact) mass is 337 g/mol. The maximum absolute atomic E-state index is 12.2. The molecule has 0 saturated carbocycles. The van der Waals surface area contributed by atoms with Crippen LogP contribution in [-0.2, 0) is 13.0 Å². The molecular formula is C21H27N3O. The van der Waals surface area contributed by atoms with Crippen molar-refractivity contribution >= 4 is 5.91 Å². The van der Waals surface area contributed by atoms with Crippen LogP contribution in [0.1, 0.15) is 66.8 Å². The molecular weight excluding hydrogens is 310 g/mol. The van der Waals surface area contributed by atoms with Crippen LogP contribution in [0.15, 0.2) is 24.3 Å². The minimum atomic E-state index is -0.384. The Hall–Kier alpha value is -2.54. The molecule has 0 fully saturated rings. The Morgan fingerprint density at radius 3 is 2.32 bits per heavy atom. The summed E-state index contributed by atoms with van der Waals surface area (Å²) in [5.74, 6) is -0.384. The summed E-state index contributed by atoms with van der Waals surface area (Å²) in [7, 11) is 0. The molecule has 0 atom stereocenters. The first-order valence-corrected chi connectivity index (χ1v) is 9.07. The van der Waals surface area contributed by atoms with Crippen LogP contribution in [0, 0.1) is 18.3 Å². The molecule has 4 heteroatoms. The summed E-state index contributed by atoms with van der Waals surface area (Å²) < 4.78 is 2.27. The number of hydrogen-bond donors (Lipinski definition) is 1. The summed E-state index contributed by atoms with van der Waals surface area (Å²) in [6.07, 6.45) is 5.25. The highest BCUT2D eigenvalue weighted by atomic mass is 16.1. The van der Waals surface area contributed by atoms with Gasteiger partial charge in [0.2, 0.25) is 0 Å². The lowest BCUT2D eigenvalue weighted by Gasteiger charge is -2.13. The molecule has 25 heavy (non-hydrogen) atoms. The third-order valence-electron chi connectivity index (χ3n) is 4.68. The van der Waals surface area contributed by atoms with Crippen LogP contribution >= 0.6 is 0 Å². The molecule has 0 bridgehead atoms. The predicted molar refractivity (Wildman–Crippen MR) is 101 cm³/mol. The van der Waals surface area contributed by atoms with Gasteiger partial charge in [-0.25, -0.2) is 0 Å². The van der Waals surface area contributed by atoms with Crippen molar-refractivity contribution < 1.29 is 4.79 Å². The van der Waals surface area contributed by atoms with E-state index in [2.05, 4.69) is 24.5 Å². The van der Waals surface area contributed by atoms with Crippen molar-refractivity contribution in [3.05, 3.63) is 46.8 Å². The van der Waals surface area contributed by atoms with Crippen LogP contribution in [-0.4, -0.2) is 10.5 Å². The number of nitrogens with zero attached hydrogens (tertiary/aromatic N) is 2. The van der Waals surface area contributed by atoms with E-state index in [-0.39, 0.29) is 5.91 Å². The average Bonchev–Trinajstić information content (AvgIpc) is 2.90. The third kappa shape index (κ3) is 3.93. The molecule has 2 N–H and O–H groups in total. The van der Waals surface area contributed by atoms with E-state index in [1.54, 1.807) is 12.1 Å². The number of carbonyl (C=O) groups is 1.